The van der Waals surface area contributed by atoms with Crippen molar-refractivity contribution in [3.05, 3.63) is 64.7 Å². The van der Waals surface area contributed by atoms with Crippen LogP contribution in [0.15, 0.2) is 42.5 Å². The van der Waals surface area contributed by atoms with Gasteiger partial charge in [0.25, 0.3) is 0 Å². The summed E-state index contributed by atoms with van der Waals surface area (Å²) in [5.74, 6) is 0.890. The molecule has 0 aliphatic heterocycles. The Labute approximate surface area is 121 Å². The molecular formula is C18H23NO. The van der Waals surface area contributed by atoms with Gasteiger partial charge in [0.15, 0.2) is 0 Å². The van der Waals surface area contributed by atoms with E-state index in [0.29, 0.717) is 6.54 Å². The lowest BCUT2D eigenvalue weighted by Gasteiger charge is -2.20. The number of rotatable bonds is 5. The normalized spacial score (nSPS) is 12.2. The Hall–Kier alpha value is -1.80. The van der Waals surface area contributed by atoms with Crippen LogP contribution in [-0.4, -0.2) is 6.54 Å². The predicted molar refractivity (Wildman–Crippen MR) is 84.2 cm³/mol. The van der Waals surface area contributed by atoms with Crippen LogP contribution >= 0.6 is 0 Å². The second-order valence-corrected chi connectivity index (χ2v) is 5.20. The summed E-state index contributed by atoms with van der Waals surface area (Å²) in [5, 5.41) is 0. The lowest BCUT2D eigenvalue weighted by atomic mass is 10.0. The van der Waals surface area contributed by atoms with Crippen LogP contribution in [0.1, 0.15) is 35.3 Å². The third-order valence-electron chi connectivity index (χ3n) is 3.58. The fourth-order valence-electron chi connectivity index (χ4n) is 2.35. The molecular weight excluding hydrogens is 246 g/mol. The minimum Gasteiger partial charge on any atom is -0.484 e. The van der Waals surface area contributed by atoms with Crippen LogP contribution in [0.4, 0.5) is 0 Å². The van der Waals surface area contributed by atoms with Gasteiger partial charge >= 0.3 is 0 Å². The molecule has 0 saturated heterocycles. The van der Waals surface area contributed by atoms with Crippen molar-refractivity contribution in [3.63, 3.8) is 0 Å². The molecule has 1 atom stereocenters. The molecule has 2 aromatic rings. The van der Waals surface area contributed by atoms with E-state index in [2.05, 4.69) is 51.1 Å². The molecule has 0 saturated carbocycles. The maximum atomic E-state index is 6.10. The molecule has 0 radical (unpaired) electrons. The Balaban J connectivity index is 2.26. The predicted octanol–water partition coefficient (Wildman–Crippen LogP) is 3.94. The van der Waals surface area contributed by atoms with Crippen LogP contribution in [0.2, 0.25) is 0 Å². The second-order valence-electron chi connectivity index (χ2n) is 5.20. The molecule has 0 aliphatic carbocycles. The summed E-state index contributed by atoms with van der Waals surface area (Å²) < 4.78 is 6.10. The molecule has 0 heterocycles. The quantitative estimate of drug-likeness (QED) is 0.892. The highest BCUT2D eigenvalue weighted by Gasteiger charge is 2.14. The minimum atomic E-state index is -0.0954. The number of hydrogen-bond donors (Lipinski definition) is 1. The maximum Gasteiger partial charge on any atom is 0.136 e. The summed E-state index contributed by atoms with van der Waals surface area (Å²) in [4.78, 5) is 0. The Morgan fingerprint density at radius 2 is 1.90 bits per heavy atom. The summed E-state index contributed by atoms with van der Waals surface area (Å²) in [6.45, 7) is 6.81. The number of nitrogens with two attached hydrogens (primary N) is 1. The molecule has 2 heteroatoms. The molecule has 2 aromatic carbocycles. The molecule has 0 spiro atoms. The van der Waals surface area contributed by atoms with Gasteiger partial charge in [0.2, 0.25) is 0 Å². The average Bonchev–Trinajstić information content (AvgIpc) is 2.47. The van der Waals surface area contributed by atoms with Crippen LogP contribution < -0.4 is 10.5 Å². The molecule has 0 aliphatic rings. The summed E-state index contributed by atoms with van der Waals surface area (Å²) >= 11 is 0. The topological polar surface area (TPSA) is 35.2 Å². The monoisotopic (exact) mass is 269 g/mol. The maximum absolute atomic E-state index is 6.10. The lowest BCUT2D eigenvalue weighted by molar-refractivity contribution is 0.213. The zero-order valence-electron chi connectivity index (χ0n) is 12.5. The van der Waals surface area contributed by atoms with Gasteiger partial charge in [-0.05, 0) is 49.1 Å². The zero-order valence-corrected chi connectivity index (χ0v) is 12.5. The highest BCUT2D eigenvalue weighted by Crippen LogP contribution is 2.25. The molecule has 0 bridgehead atoms. The zero-order chi connectivity index (χ0) is 14.5. The summed E-state index contributed by atoms with van der Waals surface area (Å²) in [7, 11) is 0. The van der Waals surface area contributed by atoms with Crippen molar-refractivity contribution in [2.75, 3.05) is 6.54 Å². The smallest absolute Gasteiger partial charge is 0.136 e. The van der Waals surface area contributed by atoms with E-state index in [1.165, 1.54) is 22.3 Å². The van der Waals surface area contributed by atoms with Crippen molar-refractivity contribution < 1.29 is 4.74 Å². The Morgan fingerprint density at radius 1 is 1.10 bits per heavy atom. The summed E-state index contributed by atoms with van der Waals surface area (Å²) in [6, 6.07) is 14.6. The highest BCUT2D eigenvalue weighted by atomic mass is 16.5. The molecule has 106 valence electrons. The molecule has 0 aromatic heterocycles. The number of benzene rings is 2. The van der Waals surface area contributed by atoms with E-state index in [9.17, 15) is 0 Å². The molecule has 2 rings (SSSR count). The van der Waals surface area contributed by atoms with Crippen LogP contribution in [0.3, 0.4) is 0 Å². The minimum absolute atomic E-state index is 0.0954. The van der Waals surface area contributed by atoms with Gasteiger partial charge in [-0.15, -0.1) is 0 Å². The lowest BCUT2D eigenvalue weighted by Crippen LogP contribution is -2.19. The highest BCUT2D eigenvalue weighted by molar-refractivity contribution is 5.34. The van der Waals surface area contributed by atoms with E-state index >= 15 is 0 Å². The first-order valence-corrected chi connectivity index (χ1v) is 7.17. The standard InChI is InChI=1S/C18H23NO/c1-4-15-6-5-7-16(11-15)20-18(12-19)17-10-13(2)8-9-14(17)3/h5-11,18H,4,12,19H2,1-3H3. The van der Waals surface area contributed by atoms with Gasteiger partial charge in [0.05, 0.1) is 0 Å². The van der Waals surface area contributed by atoms with Crippen molar-refractivity contribution in [3.8, 4) is 5.75 Å². The Kier molecular flexibility index (Phi) is 4.80. The van der Waals surface area contributed by atoms with Crippen LogP contribution in [0, 0.1) is 13.8 Å². The van der Waals surface area contributed by atoms with E-state index in [1.54, 1.807) is 0 Å². The molecule has 20 heavy (non-hydrogen) atoms. The van der Waals surface area contributed by atoms with Crippen LogP contribution in [0.5, 0.6) is 5.75 Å². The van der Waals surface area contributed by atoms with Crippen molar-refractivity contribution in [2.45, 2.75) is 33.3 Å². The fraction of sp³-hybridized carbons (Fsp3) is 0.333. The summed E-state index contributed by atoms with van der Waals surface area (Å²) in [5.41, 5.74) is 10.8. The third kappa shape index (κ3) is 3.40. The third-order valence-corrected chi connectivity index (χ3v) is 3.58. The summed E-state index contributed by atoms with van der Waals surface area (Å²) in [6.07, 6.45) is 0.913. The van der Waals surface area contributed by atoms with Gasteiger partial charge in [-0.1, -0.05) is 42.8 Å². The largest absolute Gasteiger partial charge is 0.484 e. The Morgan fingerprint density at radius 3 is 2.60 bits per heavy atom. The molecule has 2 N–H and O–H groups in total. The van der Waals surface area contributed by atoms with Gasteiger partial charge in [0, 0.05) is 6.54 Å². The fourth-order valence-corrected chi connectivity index (χ4v) is 2.35. The first-order valence-electron chi connectivity index (χ1n) is 7.17. The van der Waals surface area contributed by atoms with E-state index in [4.69, 9.17) is 10.5 Å². The number of hydrogen-bond acceptors (Lipinski definition) is 2. The van der Waals surface area contributed by atoms with Gasteiger partial charge in [-0.25, -0.2) is 0 Å². The van der Waals surface area contributed by atoms with Crippen LogP contribution in [0.25, 0.3) is 0 Å². The first-order chi connectivity index (χ1) is 9.63. The van der Waals surface area contributed by atoms with Gasteiger partial charge in [-0.2, -0.15) is 0 Å². The van der Waals surface area contributed by atoms with Gasteiger partial charge < -0.3 is 10.5 Å². The molecule has 2 nitrogen and oxygen atoms in total. The van der Waals surface area contributed by atoms with Crippen molar-refractivity contribution in [2.24, 2.45) is 5.73 Å². The number of aryl methyl sites for hydroxylation is 3. The SMILES string of the molecule is CCc1cccc(OC(CN)c2cc(C)ccc2C)c1. The van der Waals surface area contributed by atoms with Crippen molar-refractivity contribution >= 4 is 0 Å². The molecule has 0 amide bonds. The van der Waals surface area contributed by atoms with Crippen molar-refractivity contribution in [1.29, 1.82) is 0 Å². The molecule has 1 unspecified atom stereocenters. The van der Waals surface area contributed by atoms with E-state index in [1.807, 2.05) is 12.1 Å². The van der Waals surface area contributed by atoms with Crippen molar-refractivity contribution in [1.82, 2.24) is 0 Å². The number of ether oxygens (including phenoxy) is 1. The average molecular weight is 269 g/mol. The molecule has 0 fully saturated rings. The van der Waals surface area contributed by atoms with E-state index in [0.717, 1.165) is 12.2 Å². The van der Waals surface area contributed by atoms with E-state index < -0.39 is 0 Å². The van der Waals surface area contributed by atoms with Crippen LogP contribution in [-0.2, 0) is 6.42 Å². The van der Waals surface area contributed by atoms with E-state index in [-0.39, 0.29) is 6.10 Å². The second kappa shape index (κ2) is 6.58. The Bertz CT molecular complexity index is 577. The van der Waals surface area contributed by atoms with Gasteiger partial charge in [-0.3, -0.25) is 0 Å². The van der Waals surface area contributed by atoms with Gasteiger partial charge in [0.1, 0.15) is 11.9 Å². The first kappa shape index (κ1) is 14.6.